The van der Waals surface area contributed by atoms with E-state index >= 15 is 0 Å². The quantitative estimate of drug-likeness (QED) is 0.719. The molecule has 152 valence electrons. The van der Waals surface area contributed by atoms with Gasteiger partial charge in [-0.2, -0.15) is 0 Å². The maximum absolute atomic E-state index is 12.2. The van der Waals surface area contributed by atoms with Gasteiger partial charge in [-0.05, 0) is 37.8 Å². The maximum atomic E-state index is 12.2. The first-order chi connectivity index (χ1) is 13.6. The van der Waals surface area contributed by atoms with E-state index in [-0.39, 0.29) is 24.4 Å². The summed E-state index contributed by atoms with van der Waals surface area (Å²) in [5, 5.41) is 8.61. The highest BCUT2D eigenvalue weighted by molar-refractivity contribution is 5.91. The first-order valence-corrected chi connectivity index (χ1v) is 10.5. The number of amides is 3. The molecule has 1 aromatic carbocycles. The fourth-order valence-corrected chi connectivity index (χ4v) is 4.29. The summed E-state index contributed by atoms with van der Waals surface area (Å²) in [6.07, 6.45) is 9.91. The Hall–Kier alpha value is -2.44. The summed E-state index contributed by atoms with van der Waals surface area (Å²) in [7, 11) is 0. The van der Waals surface area contributed by atoms with Gasteiger partial charge in [0.25, 0.3) is 5.79 Å². The van der Waals surface area contributed by atoms with Crippen LogP contribution in [-0.2, 0) is 4.79 Å². The number of carbonyl (C=O) groups is 2. The van der Waals surface area contributed by atoms with Gasteiger partial charge >= 0.3 is 6.03 Å². The normalized spacial score (nSPS) is 20.1. The van der Waals surface area contributed by atoms with E-state index in [0.717, 1.165) is 44.3 Å². The first kappa shape index (κ1) is 18.9. The smallest absolute Gasteiger partial charge is 0.315 e. The van der Waals surface area contributed by atoms with E-state index in [1.165, 1.54) is 19.3 Å². The lowest BCUT2D eigenvalue weighted by atomic mass is 9.96. The van der Waals surface area contributed by atoms with Crippen molar-refractivity contribution < 1.29 is 19.1 Å². The van der Waals surface area contributed by atoms with Crippen molar-refractivity contribution >= 4 is 17.6 Å². The van der Waals surface area contributed by atoms with Crippen LogP contribution in [0.15, 0.2) is 18.2 Å². The van der Waals surface area contributed by atoms with Crippen LogP contribution in [0.3, 0.4) is 0 Å². The van der Waals surface area contributed by atoms with Crippen molar-refractivity contribution in [1.29, 1.82) is 0 Å². The predicted octanol–water partition coefficient (Wildman–Crippen LogP) is 3.69. The Morgan fingerprint density at radius 2 is 1.75 bits per heavy atom. The highest BCUT2D eigenvalue weighted by Gasteiger charge is 2.44. The van der Waals surface area contributed by atoms with Crippen molar-refractivity contribution in [2.24, 2.45) is 0 Å². The molecule has 1 heterocycles. The zero-order valence-electron chi connectivity index (χ0n) is 16.2. The molecule has 3 amide bonds. The molecule has 28 heavy (non-hydrogen) atoms. The average molecular weight is 387 g/mol. The van der Waals surface area contributed by atoms with Crippen molar-refractivity contribution in [1.82, 2.24) is 10.6 Å². The molecule has 3 N–H and O–H groups in total. The lowest BCUT2D eigenvalue weighted by molar-refractivity contribution is -0.116. The van der Waals surface area contributed by atoms with Gasteiger partial charge in [-0.1, -0.05) is 19.3 Å². The van der Waals surface area contributed by atoms with Crippen LogP contribution < -0.4 is 25.4 Å². The standard InChI is InChI=1S/C21H29N3O4/c25-19(10-13-22-20(26)24-15-6-2-1-3-7-15)23-16-8-9-17-18(14-16)28-21(27-17)11-4-5-12-21/h8-9,14-15H,1-7,10-13H2,(H,23,25)(H2,22,24,26). The number of urea groups is 1. The number of rotatable bonds is 5. The second-order valence-electron chi connectivity index (χ2n) is 8.02. The first-order valence-electron chi connectivity index (χ1n) is 10.5. The number of hydrogen-bond acceptors (Lipinski definition) is 4. The lowest BCUT2D eigenvalue weighted by Gasteiger charge is -2.22. The van der Waals surface area contributed by atoms with E-state index in [1.54, 1.807) is 0 Å². The summed E-state index contributed by atoms with van der Waals surface area (Å²) in [4.78, 5) is 24.1. The summed E-state index contributed by atoms with van der Waals surface area (Å²) >= 11 is 0. The molecular weight excluding hydrogens is 358 g/mol. The third-order valence-corrected chi connectivity index (χ3v) is 5.76. The number of anilines is 1. The molecule has 2 saturated carbocycles. The van der Waals surface area contributed by atoms with Crippen LogP contribution >= 0.6 is 0 Å². The van der Waals surface area contributed by atoms with Crippen LogP contribution in [-0.4, -0.2) is 30.3 Å². The van der Waals surface area contributed by atoms with Gasteiger partial charge in [-0.25, -0.2) is 4.79 Å². The molecule has 1 aliphatic heterocycles. The van der Waals surface area contributed by atoms with Gasteiger partial charge in [0.15, 0.2) is 11.5 Å². The number of nitrogens with one attached hydrogen (secondary N) is 3. The molecule has 2 fully saturated rings. The molecule has 7 nitrogen and oxygen atoms in total. The highest BCUT2D eigenvalue weighted by Crippen LogP contribution is 2.47. The number of carbonyl (C=O) groups excluding carboxylic acids is 2. The molecule has 1 spiro atoms. The van der Waals surface area contributed by atoms with Gasteiger partial charge in [0, 0.05) is 43.6 Å². The molecule has 3 aliphatic rings. The lowest BCUT2D eigenvalue weighted by Crippen LogP contribution is -2.43. The fraction of sp³-hybridized carbons (Fsp3) is 0.619. The number of fused-ring (bicyclic) bond motifs is 1. The Morgan fingerprint density at radius 3 is 2.54 bits per heavy atom. The Balaban J connectivity index is 1.20. The van der Waals surface area contributed by atoms with E-state index in [0.29, 0.717) is 18.0 Å². The highest BCUT2D eigenvalue weighted by atomic mass is 16.7. The van der Waals surface area contributed by atoms with Gasteiger partial charge < -0.3 is 25.4 Å². The van der Waals surface area contributed by atoms with Crippen LogP contribution in [0.1, 0.15) is 64.2 Å². The minimum atomic E-state index is -0.499. The molecule has 0 atom stereocenters. The second-order valence-corrected chi connectivity index (χ2v) is 8.02. The van der Waals surface area contributed by atoms with E-state index in [4.69, 9.17) is 9.47 Å². The predicted molar refractivity (Wildman–Crippen MR) is 106 cm³/mol. The van der Waals surface area contributed by atoms with Crippen molar-refractivity contribution in [3.63, 3.8) is 0 Å². The molecule has 0 radical (unpaired) electrons. The summed E-state index contributed by atoms with van der Waals surface area (Å²) in [5.74, 6) is 0.777. The van der Waals surface area contributed by atoms with Crippen LogP contribution in [0, 0.1) is 0 Å². The van der Waals surface area contributed by atoms with Crippen LogP contribution in [0.25, 0.3) is 0 Å². The average Bonchev–Trinajstić information content (AvgIpc) is 3.28. The van der Waals surface area contributed by atoms with E-state index in [1.807, 2.05) is 18.2 Å². The summed E-state index contributed by atoms with van der Waals surface area (Å²) in [6.45, 7) is 0.304. The Labute approximate surface area is 165 Å². The molecular formula is C21H29N3O4. The van der Waals surface area contributed by atoms with Gasteiger partial charge in [-0.15, -0.1) is 0 Å². The van der Waals surface area contributed by atoms with Gasteiger partial charge in [0.1, 0.15) is 0 Å². The SMILES string of the molecule is O=C(CCNC(=O)NC1CCCCC1)Nc1ccc2c(c1)OC1(CCCC1)O2. The van der Waals surface area contributed by atoms with Crippen LogP contribution in [0.4, 0.5) is 10.5 Å². The van der Waals surface area contributed by atoms with Gasteiger partial charge in [-0.3, -0.25) is 4.79 Å². The van der Waals surface area contributed by atoms with Crippen molar-refractivity contribution in [2.75, 3.05) is 11.9 Å². The molecule has 7 heteroatoms. The topological polar surface area (TPSA) is 88.7 Å². The minimum Gasteiger partial charge on any atom is -0.448 e. The zero-order valence-corrected chi connectivity index (χ0v) is 16.2. The molecule has 1 aromatic rings. The number of benzene rings is 1. The Bertz CT molecular complexity index is 724. The number of hydrogen-bond donors (Lipinski definition) is 3. The summed E-state index contributed by atoms with van der Waals surface area (Å²) in [5.41, 5.74) is 0.675. The molecule has 0 aromatic heterocycles. The van der Waals surface area contributed by atoms with Crippen molar-refractivity contribution in [3.8, 4) is 11.5 Å². The second kappa shape index (κ2) is 8.29. The summed E-state index contributed by atoms with van der Waals surface area (Å²) in [6, 6.07) is 5.54. The van der Waals surface area contributed by atoms with Gasteiger partial charge in [0.05, 0.1) is 0 Å². The van der Waals surface area contributed by atoms with E-state index in [9.17, 15) is 9.59 Å². The van der Waals surface area contributed by atoms with E-state index in [2.05, 4.69) is 16.0 Å². The van der Waals surface area contributed by atoms with Crippen LogP contribution in [0.5, 0.6) is 11.5 Å². The number of ether oxygens (including phenoxy) is 2. The van der Waals surface area contributed by atoms with Gasteiger partial charge in [0.2, 0.25) is 5.91 Å². The van der Waals surface area contributed by atoms with Crippen molar-refractivity contribution in [2.45, 2.75) is 76.0 Å². The molecule has 0 unspecified atom stereocenters. The molecule has 2 aliphatic carbocycles. The minimum absolute atomic E-state index is 0.146. The third-order valence-electron chi connectivity index (χ3n) is 5.76. The third kappa shape index (κ3) is 4.51. The fourth-order valence-electron chi connectivity index (χ4n) is 4.29. The zero-order chi connectivity index (χ0) is 19.4. The largest absolute Gasteiger partial charge is 0.448 e. The van der Waals surface area contributed by atoms with Crippen LogP contribution in [0.2, 0.25) is 0 Å². The van der Waals surface area contributed by atoms with E-state index < -0.39 is 5.79 Å². The van der Waals surface area contributed by atoms with Crippen molar-refractivity contribution in [3.05, 3.63) is 18.2 Å². The Morgan fingerprint density at radius 1 is 1.00 bits per heavy atom. The monoisotopic (exact) mass is 387 g/mol. The summed E-state index contributed by atoms with van der Waals surface area (Å²) < 4.78 is 12.0. The Kier molecular flexibility index (Phi) is 5.59. The molecule has 0 saturated heterocycles. The molecule has 0 bridgehead atoms. The molecule has 4 rings (SSSR count). The maximum Gasteiger partial charge on any atom is 0.315 e.